The summed E-state index contributed by atoms with van der Waals surface area (Å²) in [5.41, 5.74) is 1.27. The van der Waals surface area contributed by atoms with E-state index in [1.807, 2.05) is 0 Å². The number of aliphatic hydroxyl groups is 4. The highest BCUT2D eigenvalue weighted by atomic mass is 16.7. The number of benzene rings is 2. The molecular weight excluding hydrogens is 556 g/mol. The Morgan fingerprint density at radius 3 is 2.05 bits per heavy atom. The molecule has 1 saturated heterocycles. The summed E-state index contributed by atoms with van der Waals surface area (Å²) in [4.78, 5) is 13.4. The molecule has 0 unspecified atom stereocenters. The van der Waals surface area contributed by atoms with E-state index in [0.717, 1.165) is 75.8 Å². The van der Waals surface area contributed by atoms with Crippen LogP contribution in [0.25, 0.3) is 0 Å². The molecule has 1 aliphatic heterocycles. The second kappa shape index (κ2) is 17.4. The summed E-state index contributed by atoms with van der Waals surface area (Å²) in [7, 11) is 0. The number of hydrogen-bond donors (Lipinski definition) is 6. The van der Waals surface area contributed by atoms with Gasteiger partial charge in [0.15, 0.2) is 0 Å². The van der Waals surface area contributed by atoms with Crippen LogP contribution in [0, 0.1) is 0 Å². The van der Waals surface area contributed by atoms with Gasteiger partial charge in [0.2, 0.25) is 6.29 Å². The van der Waals surface area contributed by atoms with Crippen LogP contribution in [0.5, 0.6) is 23.0 Å². The molecule has 43 heavy (non-hydrogen) atoms. The third kappa shape index (κ3) is 10.1. The van der Waals surface area contributed by atoms with Crippen LogP contribution in [0.2, 0.25) is 0 Å². The number of ether oxygens (including phenoxy) is 3. The molecule has 0 radical (unpaired) electrons. The number of rotatable bonds is 17. The molecule has 6 N–H and O–H groups in total. The molecule has 0 saturated carbocycles. The van der Waals surface area contributed by atoms with Crippen molar-refractivity contribution in [1.29, 1.82) is 0 Å². The molecular formula is C33H48O10. The average molecular weight is 605 g/mol. The highest BCUT2D eigenvalue weighted by Gasteiger charge is 2.44. The van der Waals surface area contributed by atoms with E-state index in [1.165, 1.54) is 12.1 Å². The number of unbranched alkanes of at least 4 members (excludes halogenated alkanes) is 8. The molecule has 10 heteroatoms. The van der Waals surface area contributed by atoms with E-state index in [4.69, 9.17) is 14.2 Å². The number of carbonyl (C=O) groups is 1. The number of esters is 1. The maximum atomic E-state index is 13.4. The molecule has 10 nitrogen and oxygen atoms in total. The van der Waals surface area contributed by atoms with Crippen LogP contribution in [-0.4, -0.2) is 73.9 Å². The second-order valence-corrected chi connectivity index (χ2v) is 11.3. The molecule has 1 heterocycles. The Balaban J connectivity index is 1.84. The van der Waals surface area contributed by atoms with E-state index < -0.39 is 43.3 Å². The summed E-state index contributed by atoms with van der Waals surface area (Å²) in [5.74, 6) is -0.988. The molecule has 0 amide bonds. The lowest BCUT2D eigenvalue weighted by Gasteiger charge is -2.39. The van der Waals surface area contributed by atoms with E-state index in [0.29, 0.717) is 18.4 Å². The maximum absolute atomic E-state index is 13.4. The summed E-state index contributed by atoms with van der Waals surface area (Å²) < 4.78 is 17.1. The lowest BCUT2D eigenvalue weighted by atomic mass is 9.99. The summed E-state index contributed by atoms with van der Waals surface area (Å²) in [6.45, 7) is 3.68. The van der Waals surface area contributed by atoms with Crippen molar-refractivity contribution in [3.63, 3.8) is 0 Å². The lowest BCUT2D eigenvalue weighted by molar-refractivity contribution is -0.277. The van der Waals surface area contributed by atoms with Crippen molar-refractivity contribution in [2.75, 3.05) is 6.61 Å². The first kappa shape index (κ1) is 34.6. The molecule has 5 atom stereocenters. The zero-order valence-corrected chi connectivity index (χ0v) is 25.3. The number of aliphatic hydroxyl groups excluding tert-OH is 4. The zero-order chi connectivity index (χ0) is 31.4. The van der Waals surface area contributed by atoms with Crippen LogP contribution in [0.3, 0.4) is 0 Å². The summed E-state index contributed by atoms with van der Waals surface area (Å²) in [6.07, 6.45) is 4.15. The molecule has 240 valence electrons. The van der Waals surface area contributed by atoms with Gasteiger partial charge in [-0.25, -0.2) is 4.79 Å². The van der Waals surface area contributed by atoms with Gasteiger partial charge in [0, 0.05) is 12.1 Å². The third-order valence-electron chi connectivity index (χ3n) is 7.76. The number of phenols is 2. The number of phenolic OH excluding ortho intramolecular Hbond substituents is 2. The highest BCUT2D eigenvalue weighted by molar-refractivity contribution is 5.96. The van der Waals surface area contributed by atoms with Crippen LogP contribution in [0.4, 0.5) is 0 Å². The number of hydrogen-bond acceptors (Lipinski definition) is 10. The lowest BCUT2D eigenvalue weighted by Crippen LogP contribution is -2.60. The topological polar surface area (TPSA) is 166 Å². The van der Waals surface area contributed by atoms with Crippen LogP contribution in [0.1, 0.15) is 99.5 Å². The quantitative estimate of drug-likeness (QED) is 0.0859. The van der Waals surface area contributed by atoms with Crippen molar-refractivity contribution in [3.8, 4) is 23.0 Å². The summed E-state index contributed by atoms with van der Waals surface area (Å²) >= 11 is 0. The van der Waals surface area contributed by atoms with Crippen LogP contribution < -0.4 is 9.47 Å². The zero-order valence-electron chi connectivity index (χ0n) is 25.3. The van der Waals surface area contributed by atoms with Crippen molar-refractivity contribution in [1.82, 2.24) is 0 Å². The molecule has 0 aromatic heterocycles. The van der Waals surface area contributed by atoms with Gasteiger partial charge in [-0.3, -0.25) is 0 Å². The number of aromatic hydroxyl groups is 2. The van der Waals surface area contributed by atoms with Gasteiger partial charge in [0.1, 0.15) is 53.0 Å². The van der Waals surface area contributed by atoms with E-state index in [9.17, 15) is 35.4 Å². The SMILES string of the molecule is CCCCCCCc1cc(OC(=O)c2c(O)cc(O)cc2CCCCCCC)cc(O[C@@H]2O[C@H](CO)[C@H](O)[C@H](O)[C@H]2O)c1. The van der Waals surface area contributed by atoms with Gasteiger partial charge >= 0.3 is 5.97 Å². The first-order chi connectivity index (χ1) is 20.7. The van der Waals surface area contributed by atoms with E-state index in [1.54, 1.807) is 12.1 Å². The minimum Gasteiger partial charge on any atom is -0.508 e. The molecule has 1 fully saturated rings. The highest BCUT2D eigenvalue weighted by Crippen LogP contribution is 2.33. The van der Waals surface area contributed by atoms with Crippen molar-refractivity contribution >= 4 is 5.97 Å². The normalized spacial score (nSPS) is 22.0. The first-order valence-electron chi connectivity index (χ1n) is 15.6. The third-order valence-corrected chi connectivity index (χ3v) is 7.76. The predicted molar refractivity (Wildman–Crippen MR) is 160 cm³/mol. The van der Waals surface area contributed by atoms with Crippen LogP contribution in [0.15, 0.2) is 30.3 Å². The first-order valence-corrected chi connectivity index (χ1v) is 15.6. The van der Waals surface area contributed by atoms with Gasteiger partial charge in [-0.2, -0.15) is 0 Å². The van der Waals surface area contributed by atoms with Gasteiger partial charge in [-0.1, -0.05) is 65.2 Å². The maximum Gasteiger partial charge on any atom is 0.347 e. The van der Waals surface area contributed by atoms with E-state index in [2.05, 4.69) is 13.8 Å². The monoisotopic (exact) mass is 604 g/mol. The second-order valence-electron chi connectivity index (χ2n) is 11.3. The standard InChI is InChI=1S/C33H48O10/c1-3-5-7-9-11-13-21-15-24(19-25(16-21)42-33-31(39)30(38)29(37)27(20-34)43-33)41-32(40)28-22(14-12-10-8-6-4-2)17-23(35)18-26(28)36/h15-19,27,29-31,33-39H,3-14,20H2,1-2H3/t27-,29+,30+,31-,33-/m1/s1. The Labute approximate surface area is 253 Å². The largest absolute Gasteiger partial charge is 0.508 e. The van der Waals surface area contributed by atoms with Gasteiger partial charge in [-0.15, -0.1) is 0 Å². The molecule has 1 aliphatic rings. The summed E-state index contributed by atoms with van der Waals surface area (Å²) in [6, 6.07) is 7.44. The summed E-state index contributed by atoms with van der Waals surface area (Å²) in [5, 5.41) is 61.0. The molecule has 3 rings (SSSR count). The van der Waals surface area contributed by atoms with Crippen molar-refractivity contribution in [2.45, 2.75) is 122 Å². The molecule has 0 spiro atoms. The molecule has 2 aromatic rings. The Hall–Kier alpha value is -2.89. The van der Waals surface area contributed by atoms with E-state index >= 15 is 0 Å². The van der Waals surface area contributed by atoms with Gasteiger partial charge < -0.3 is 44.8 Å². The van der Waals surface area contributed by atoms with Crippen molar-refractivity contribution in [2.24, 2.45) is 0 Å². The average Bonchev–Trinajstić information content (AvgIpc) is 2.96. The van der Waals surface area contributed by atoms with Crippen molar-refractivity contribution < 1.29 is 49.6 Å². The Bertz CT molecular complexity index is 1150. The molecule has 2 aromatic carbocycles. The van der Waals surface area contributed by atoms with Gasteiger partial charge in [-0.05, 0) is 55.0 Å². The molecule has 0 aliphatic carbocycles. The van der Waals surface area contributed by atoms with Crippen molar-refractivity contribution in [3.05, 3.63) is 47.0 Å². The van der Waals surface area contributed by atoms with E-state index in [-0.39, 0.29) is 28.6 Å². The Morgan fingerprint density at radius 2 is 1.40 bits per heavy atom. The fourth-order valence-electron chi connectivity index (χ4n) is 5.31. The fourth-order valence-corrected chi connectivity index (χ4v) is 5.31. The minimum atomic E-state index is -1.60. The Kier molecular flexibility index (Phi) is 14.0. The number of carbonyl (C=O) groups excluding carboxylic acids is 1. The predicted octanol–water partition coefficient (Wildman–Crippen LogP) is 4.52. The van der Waals surface area contributed by atoms with Gasteiger partial charge in [0.25, 0.3) is 0 Å². The minimum absolute atomic E-state index is 0.0188. The van der Waals surface area contributed by atoms with Crippen LogP contribution >= 0.6 is 0 Å². The Morgan fingerprint density at radius 1 is 0.767 bits per heavy atom. The van der Waals surface area contributed by atoms with Gasteiger partial charge in [0.05, 0.1) is 6.61 Å². The molecule has 0 bridgehead atoms. The smallest absolute Gasteiger partial charge is 0.347 e. The fraction of sp³-hybridized carbons (Fsp3) is 0.606. The van der Waals surface area contributed by atoms with Crippen LogP contribution in [-0.2, 0) is 17.6 Å². The number of aryl methyl sites for hydroxylation is 2.